The molecule has 0 spiro atoms. The lowest BCUT2D eigenvalue weighted by atomic mass is 10.3. The zero-order valence-corrected chi connectivity index (χ0v) is 8.75. The molecule has 4 heteroatoms. The largest absolute Gasteiger partial charge is 0.398 e. The molecule has 0 radical (unpaired) electrons. The van der Waals surface area contributed by atoms with Crippen LogP contribution in [0.1, 0.15) is 13.3 Å². The molecule has 0 amide bonds. The summed E-state index contributed by atoms with van der Waals surface area (Å²) in [6.07, 6.45) is 0.567. The molecular weight excluding hydrogens is 196 g/mol. The van der Waals surface area contributed by atoms with Crippen molar-refractivity contribution < 1.29 is 4.21 Å². The smallest absolute Gasteiger partial charge is 0.126 e. The first kappa shape index (κ1) is 10.7. The Balaban J connectivity index is 3.01. The van der Waals surface area contributed by atoms with Crippen LogP contribution in [0.2, 0.25) is 0 Å². The highest BCUT2D eigenvalue weighted by atomic mass is 32.2. The number of nitriles is 1. The second kappa shape index (κ2) is 4.77. The molecule has 2 N–H and O–H groups in total. The zero-order chi connectivity index (χ0) is 10.6. The second-order valence-electron chi connectivity index (χ2n) is 2.86. The average molecular weight is 208 g/mol. The molecule has 2 unspecified atom stereocenters. The third kappa shape index (κ3) is 2.12. The van der Waals surface area contributed by atoms with Crippen molar-refractivity contribution in [3.63, 3.8) is 0 Å². The van der Waals surface area contributed by atoms with Gasteiger partial charge in [-0.1, -0.05) is 19.1 Å². The molecule has 0 fully saturated rings. The number of benzene rings is 1. The molecule has 0 aliphatic rings. The van der Waals surface area contributed by atoms with Crippen molar-refractivity contribution in [1.29, 1.82) is 5.26 Å². The Morgan fingerprint density at radius 1 is 1.57 bits per heavy atom. The van der Waals surface area contributed by atoms with Crippen LogP contribution in [0.15, 0.2) is 29.2 Å². The molecule has 74 valence electrons. The van der Waals surface area contributed by atoms with Gasteiger partial charge in [-0.2, -0.15) is 5.26 Å². The summed E-state index contributed by atoms with van der Waals surface area (Å²) in [4.78, 5) is 0.556. The zero-order valence-electron chi connectivity index (χ0n) is 7.93. The van der Waals surface area contributed by atoms with Crippen LogP contribution in [0.4, 0.5) is 5.69 Å². The van der Waals surface area contributed by atoms with Gasteiger partial charge in [-0.05, 0) is 18.6 Å². The van der Waals surface area contributed by atoms with Gasteiger partial charge in [0.15, 0.2) is 0 Å². The van der Waals surface area contributed by atoms with Gasteiger partial charge in [0.05, 0.1) is 21.8 Å². The second-order valence-corrected chi connectivity index (χ2v) is 4.46. The first-order chi connectivity index (χ1) is 6.70. The van der Waals surface area contributed by atoms with Crippen LogP contribution in [-0.2, 0) is 10.8 Å². The number of anilines is 1. The van der Waals surface area contributed by atoms with Crippen molar-refractivity contribution >= 4 is 16.5 Å². The van der Waals surface area contributed by atoms with E-state index in [4.69, 9.17) is 11.0 Å². The fourth-order valence-electron chi connectivity index (χ4n) is 1.11. The van der Waals surface area contributed by atoms with Gasteiger partial charge in [0.25, 0.3) is 0 Å². The lowest BCUT2D eigenvalue weighted by Gasteiger charge is -2.08. The lowest BCUT2D eigenvalue weighted by molar-refractivity contribution is 0.676. The highest BCUT2D eigenvalue weighted by Crippen LogP contribution is 2.19. The van der Waals surface area contributed by atoms with Crippen molar-refractivity contribution in [2.75, 3.05) is 5.73 Å². The van der Waals surface area contributed by atoms with Gasteiger partial charge in [0, 0.05) is 5.69 Å². The van der Waals surface area contributed by atoms with E-state index in [1.165, 1.54) is 0 Å². The van der Waals surface area contributed by atoms with Crippen molar-refractivity contribution in [1.82, 2.24) is 0 Å². The molecule has 0 saturated carbocycles. The summed E-state index contributed by atoms with van der Waals surface area (Å²) in [7, 11) is -1.32. The molecule has 1 rings (SSSR count). The molecule has 1 aromatic rings. The number of hydrogen-bond donors (Lipinski definition) is 1. The van der Waals surface area contributed by atoms with Crippen molar-refractivity contribution in [2.24, 2.45) is 0 Å². The van der Waals surface area contributed by atoms with Crippen molar-refractivity contribution in [3.8, 4) is 6.07 Å². The molecular formula is C10H12N2OS. The predicted molar refractivity (Wildman–Crippen MR) is 57.0 cm³/mol. The Labute approximate surface area is 86.0 Å². The van der Waals surface area contributed by atoms with E-state index >= 15 is 0 Å². The van der Waals surface area contributed by atoms with Crippen molar-refractivity contribution in [2.45, 2.75) is 23.5 Å². The normalized spacial score (nSPS) is 14.3. The van der Waals surface area contributed by atoms with E-state index in [1.807, 2.05) is 13.0 Å². The maximum atomic E-state index is 11.8. The molecule has 0 saturated heterocycles. The van der Waals surface area contributed by atoms with Crippen LogP contribution in [0.5, 0.6) is 0 Å². The minimum Gasteiger partial charge on any atom is -0.398 e. The van der Waals surface area contributed by atoms with E-state index in [9.17, 15) is 4.21 Å². The molecule has 0 heterocycles. The summed E-state index contributed by atoms with van der Waals surface area (Å²) in [6, 6.07) is 8.97. The Bertz CT molecular complexity index is 384. The monoisotopic (exact) mass is 208 g/mol. The van der Waals surface area contributed by atoms with E-state index in [0.717, 1.165) is 0 Å². The molecule has 0 aliphatic heterocycles. The SMILES string of the molecule is CCC(C#N)S(=O)c1ccccc1N. The van der Waals surface area contributed by atoms with Crippen LogP contribution in [0, 0.1) is 11.3 Å². The van der Waals surface area contributed by atoms with Crippen LogP contribution in [-0.4, -0.2) is 9.46 Å². The first-order valence-electron chi connectivity index (χ1n) is 4.35. The third-order valence-electron chi connectivity index (χ3n) is 1.91. The number of hydrogen-bond acceptors (Lipinski definition) is 3. The third-order valence-corrected chi connectivity index (χ3v) is 3.67. The Morgan fingerprint density at radius 2 is 2.21 bits per heavy atom. The number of nitrogen functional groups attached to an aromatic ring is 1. The van der Waals surface area contributed by atoms with Gasteiger partial charge in [-0.15, -0.1) is 0 Å². The molecule has 2 atom stereocenters. The topological polar surface area (TPSA) is 66.9 Å². The van der Waals surface area contributed by atoms with E-state index in [1.54, 1.807) is 24.3 Å². The minimum atomic E-state index is -1.32. The fraction of sp³-hybridized carbons (Fsp3) is 0.300. The van der Waals surface area contributed by atoms with Crippen LogP contribution in [0.3, 0.4) is 0 Å². The summed E-state index contributed by atoms with van der Waals surface area (Å²) in [5.74, 6) is 0. The minimum absolute atomic E-state index is 0.473. The van der Waals surface area contributed by atoms with Gasteiger partial charge in [0.2, 0.25) is 0 Å². The maximum Gasteiger partial charge on any atom is 0.126 e. The van der Waals surface area contributed by atoms with Crippen LogP contribution >= 0.6 is 0 Å². The highest BCUT2D eigenvalue weighted by molar-refractivity contribution is 7.86. The molecule has 1 aromatic carbocycles. The van der Waals surface area contributed by atoms with Gasteiger partial charge >= 0.3 is 0 Å². The fourth-order valence-corrected chi connectivity index (χ4v) is 2.33. The van der Waals surface area contributed by atoms with E-state index in [2.05, 4.69) is 0 Å². The highest BCUT2D eigenvalue weighted by Gasteiger charge is 2.17. The van der Waals surface area contributed by atoms with Crippen LogP contribution in [0.25, 0.3) is 0 Å². The van der Waals surface area contributed by atoms with Gasteiger partial charge in [-0.25, -0.2) is 0 Å². The van der Waals surface area contributed by atoms with Crippen LogP contribution < -0.4 is 5.73 Å². The van der Waals surface area contributed by atoms with Gasteiger partial charge in [0.1, 0.15) is 5.25 Å². The van der Waals surface area contributed by atoms with E-state index in [0.29, 0.717) is 17.0 Å². The first-order valence-corrected chi connectivity index (χ1v) is 5.56. The number of nitrogens with two attached hydrogens (primary N) is 1. The maximum absolute atomic E-state index is 11.8. The summed E-state index contributed by atoms with van der Waals surface area (Å²) in [5, 5.41) is 8.29. The number of rotatable bonds is 3. The summed E-state index contributed by atoms with van der Waals surface area (Å²) < 4.78 is 11.8. The summed E-state index contributed by atoms with van der Waals surface area (Å²) in [6.45, 7) is 1.84. The molecule has 0 aliphatic carbocycles. The average Bonchev–Trinajstić information content (AvgIpc) is 2.20. The van der Waals surface area contributed by atoms with E-state index in [-0.39, 0.29) is 0 Å². The van der Waals surface area contributed by atoms with Gasteiger partial charge in [-0.3, -0.25) is 4.21 Å². The molecule has 0 aromatic heterocycles. The Morgan fingerprint density at radius 3 is 2.71 bits per heavy atom. The molecule has 3 nitrogen and oxygen atoms in total. The number of nitrogens with zero attached hydrogens (tertiary/aromatic N) is 1. The summed E-state index contributed by atoms with van der Waals surface area (Å²) in [5.41, 5.74) is 6.15. The molecule has 0 bridgehead atoms. The predicted octanol–water partition coefficient (Wildman–Crippen LogP) is 1.68. The lowest BCUT2D eigenvalue weighted by Crippen LogP contribution is -2.12. The molecule has 14 heavy (non-hydrogen) atoms. The van der Waals surface area contributed by atoms with Crippen molar-refractivity contribution in [3.05, 3.63) is 24.3 Å². The number of para-hydroxylation sites is 1. The van der Waals surface area contributed by atoms with Gasteiger partial charge < -0.3 is 5.73 Å². The standard InChI is InChI=1S/C10H12N2OS/c1-2-8(7-11)14(13)10-6-4-3-5-9(10)12/h3-6,8H,2,12H2,1H3. The Kier molecular flexibility index (Phi) is 3.66. The summed E-state index contributed by atoms with van der Waals surface area (Å²) >= 11 is 0. The Hall–Kier alpha value is -1.34. The van der Waals surface area contributed by atoms with E-state index < -0.39 is 16.0 Å². The quantitative estimate of drug-likeness (QED) is 0.768.